The molecule has 2 aliphatic heterocycles. The molecule has 6 unspecified atom stereocenters. The summed E-state index contributed by atoms with van der Waals surface area (Å²) in [6.07, 6.45) is -3.07. The van der Waals surface area contributed by atoms with Crippen LogP contribution in [0, 0.1) is 20.2 Å². The molecule has 4 aromatic rings. The molecule has 20 N–H and O–H groups in total. The van der Waals surface area contributed by atoms with Gasteiger partial charge in [-0.25, -0.2) is 39.7 Å². The number of benzene rings is 4. The number of nitro groups is 2. The predicted molar refractivity (Wildman–Crippen MR) is 328 cm³/mol. The molecule has 506 valence electrons. The average Bonchev–Trinajstić information content (AvgIpc) is 1.28. The molecular formula is C57H72N16O21. The van der Waals surface area contributed by atoms with Crippen molar-refractivity contribution < 1.29 is 92.0 Å². The third-order valence-corrected chi connectivity index (χ3v) is 14.7. The lowest BCUT2D eigenvalue weighted by atomic mass is 9.83. The normalized spacial score (nSPS) is 16.4. The number of carbonyl (C=O) groups is 8. The molecule has 4 aromatic carbocycles. The number of anilines is 2. The number of nitrogens with two attached hydrogens (primary N) is 8. The second-order valence-electron chi connectivity index (χ2n) is 21.5. The zero-order valence-corrected chi connectivity index (χ0v) is 50.6. The number of esters is 2. The van der Waals surface area contributed by atoms with Gasteiger partial charge in [0.1, 0.15) is 52.9 Å². The number of rotatable bonds is 34. The maximum Gasteiger partial charge on any atom is 0.352 e. The first-order chi connectivity index (χ1) is 44.5. The van der Waals surface area contributed by atoms with Crippen molar-refractivity contribution >= 4 is 82.1 Å². The summed E-state index contributed by atoms with van der Waals surface area (Å²) in [5, 5.41) is 44.8. The lowest BCUT2D eigenvalue weighted by Crippen LogP contribution is -2.59. The Morgan fingerprint density at radius 2 is 1.04 bits per heavy atom. The van der Waals surface area contributed by atoms with Crippen LogP contribution >= 0.6 is 0 Å². The van der Waals surface area contributed by atoms with Crippen LogP contribution in [0.3, 0.4) is 0 Å². The Kier molecular flexibility index (Phi) is 25.3. The Morgan fingerprint density at radius 1 is 0.617 bits per heavy atom. The van der Waals surface area contributed by atoms with Crippen LogP contribution in [0.15, 0.2) is 88.8 Å². The Labute approximate surface area is 534 Å². The SMILES string of the molecule is COc1cc([N+](=O)[O-])ccc1NOC(=O)C(N)Cc1ccc(O)cc1OC(=O)C1CCCN1OC(=O)C(N)(CCCN=C(N)N)C(=O)CCC(=O)C(N)(CCCN=C(N)N)C(=O)ON1CCCC1C(=O)Oc1cc(O)ccc1CC(N)C(=O)ONc1ccc([N+](=O)[O-])cc1. The molecule has 2 heterocycles. The molecule has 6 rings (SSSR count). The van der Waals surface area contributed by atoms with E-state index in [0.29, 0.717) is 0 Å². The summed E-state index contributed by atoms with van der Waals surface area (Å²) in [7, 11) is 1.23. The quantitative estimate of drug-likeness (QED) is 0.00413. The van der Waals surface area contributed by atoms with Gasteiger partial charge in [-0.3, -0.25) is 39.8 Å². The fraction of sp³-hybridized carbons (Fsp3) is 0.404. The van der Waals surface area contributed by atoms with Crippen LogP contribution in [0.4, 0.5) is 22.7 Å². The van der Waals surface area contributed by atoms with Gasteiger partial charge in [0.25, 0.3) is 11.4 Å². The first-order valence-corrected chi connectivity index (χ1v) is 28.8. The van der Waals surface area contributed by atoms with Crippen molar-refractivity contribution in [3.05, 3.63) is 110 Å². The van der Waals surface area contributed by atoms with Gasteiger partial charge in [-0.15, -0.1) is 10.1 Å². The molecule has 2 aliphatic rings. The minimum atomic E-state index is -2.59. The van der Waals surface area contributed by atoms with Crippen LogP contribution in [0.2, 0.25) is 0 Å². The number of nitro benzene ring substituents is 2. The Morgan fingerprint density at radius 3 is 1.46 bits per heavy atom. The molecule has 2 saturated heterocycles. The number of ether oxygens (including phenoxy) is 3. The van der Waals surface area contributed by atoms with E-state index < -0.39 is 118 Å². The van der Waals surface area contributed by atoms with Gasteiger partial charge < -0.3 is 89.6 Å². The molecule has 0 spiro atoms. The number of phenolic OH excluding ortho intramolecular Hbond substituents is 2. The smallest absolute Gasteiger partial charge is 0.352 e. The standard InChI is InChI=1S/C57H72N16O21/c1-88-45-28-35(73(86)87)14-17-40(45)69-92-49(79)39(59)27-32-9-16-37(75)30-44(32)90-51(81)42-7-3-25-71(42)94-53(83)57(65,21-5-23-67-55(62)63)47(77)19-18-46(76)56(64,20-4-22-66-54(60)61)52(82)93-70-24-2-6-41(70)50(80)89-43-29-36(74)15-8-31(43)26-38(58)48(78)91-68-33-10-12-34(13-11-33)72(84)85/h8-17,28-30,38-39,41-42,68-69,74-75H,2-7,18-27,58-59,64-65H2,1H3,(H4,60,61,66)(H4,62,63,67). The van der Waals surface area contributed by atoms with Crippen LogP contribution in [0.5, 0.6) is 28.7 Å². The molecule has 0 radical (unpaired) electrons. The molecule has 37 nitrogen and oxygen atoms in total. The molecule has 6 atom stereocenters. The van der Waals surface area contributed by atoms with Crippen molar-refractivity contribution in [1.29, 1.82) is 0 Å². The Bertz CT molecular complexity index is 3530. The molecule has 0 aromatic heterocycles. The highest BCUT2D eigenvalue weighted by molar-refractivity contribution is 6.12. The van der Waals surface area contributed by atoms with Gasteiger partial charge in [0.2, 0.25) is 0 Å². The lowest BCUT2D eigenvalue weighted by molar-refractivity contribution is -0.385. The number of hydroxylamine groups is 4. The van der Waals surface area contributed by atoms with Gasteiger partial charge in [0.15, 0.2) is 40.3 Å². The van der Waals surface area contributed by atoms with E-state index in [2.05, 4.69) is 20.9 Å². The average molecular weight is 1320 g/mol. The molecule has 0 bridgehead atoms. The van der Waals surface area contributed by atoms with Crippen molar-refractivity contribution in [3.63, 3.8) is 0 Å². The van der Waals surface area contributed by atoms with Crippen molar-refractivity contribution in [2.45, 2.75) is 112 Å². The first-order valence-electron chi connectivity index (χ1n) is 28.8. The summed E-state index contributed by atoms with van der Waals surface area (Å²) >= 11 is 0. The molecule has 94 heavy (non-hydrogen) atoms. The fourth-order valence-electron chi connectivity index (χ4n) is 9.56. The fourth-order valence-corrected chi connectivity index (χ4v) is 9.56. The minimum Gasteiger partial charge on any atom is -0.508 e. The number of hydrogen-bond acceptors (Lipinski definition) is 31. The molecule has 0 aliphatic carbocycles. The van der Waals surface area contributed by atoms with Crippen molar-refractivity contribution in [1.82, 2.24) is 10.1 Å². The number of aliphatic imine (C=N–C) groups is 2. The summed E-state index contributed by atoms with van der Waals surface area (Å²) in [4.78, 5) is 161. The Balaban J connectivity index is 1.12. The van der Waals surface area contributed by atoms with Gasteiger partial charge in [-0.1, -0.05) is 12.1 Å². The van der Waals surface area contributed by atoms with Gasteiger partial charge >= 0.3 is 35.8 Å². The van der Waals surface area contributed by atoms with Gasteiger partial charge in [0, 0.05) is 82.2 Å². The Hall–Kier alpha value is -10.9. The third-order valence-electron chi connectivity index (χ3n) is 14.7. The highest BCUT2D eigenvalue weighted by Crippen LogP contribution is 2.33. The predicted octanol–water partition coefficient (Wildman–Crippen LogP) is -0.420. The van der Waals surface area contributed by atoms with Gasteiger partial charge in [-0.2, -0.15) is 0 Å². The van der Waals surface area contributed by atoms with Gasteiger partial charge in [0.05, 0.1) is 28.7 Å². The van der Waals surface area contributed by atoms with Crippen molar-refractivity contribution in [2.75, 3.05) is 44.2 Å². The van der Waals surface area contributed by atoms with Crippen LogP contribution < -0.4 is 71.0 Å². The van der Waals surface area contributed by atoms with E-state index in [1.165, 1.54) is 61.7 Å². The molecule has 2 fully saturated rings. The minimum absolute atomic E-state index is 0.0225. The van der Waals surface area contributed by atoms with Crippen molar-refractivity contribution in [3.8, 4) is 28.7 Å². The topological polar surface area (TPSA) is 591 Å². The first kappa shape index (κ1) is 72.2. The second-order valence-corrected chi connectivity index (χ2v) is 21.5. The molecular weight excluding hydrogens is 1240 g/mol. The van der Waals surface area contributed by atoms with E-state index in [0.717, 1.165) is 34.4 Å². The summed E-state index contributed by atoms with van der Waals surface area (Å²) < 4.78 is 16.5. The van der Waals surface area contributed by atoms with Crippen LogP contribution in [0.25, 0.3) is 0 Å². The maximum atomic E-state index is 14.4. The lowest BCUT2D eigenvalue weighted by Gasteiger charge is -2.31. The third kappa shape index (κ3) is 19.6. The number of aromatic hydroxyl groups is 2. The summed E-state index contributed by atoms with van der Waals surface area (Å²) in [5.74, 6) is -11.0. The van der Waals surface area contributed by atoms with E-state index in [-0.39, 0.29) is 152 Å². The number of methoxy groups -OCH3 is 1. The van der Waals surface area contributed by atoms with E-state index in [9.17, 15) is 68.8 Å². The number of non-ortho nitro benzene ring substituents is 2. The number of phenols is 2. The molecule has 0 saturated carbocycles. The maximum absolute atomic E-state index is 14.4. The highest BCUT2D eigenvalue weighted by atomic mass is 16.7. The zero-order chi connectivity index (χ0) is 69.0. The number of carbonyl (C=O) groups excluding carboxylic acids is 8. The zero-order valence-electron chi connectivity index (χ0n) is 50.6. The van der Waals surface area contributed by atoms with Gasteiger partial charge in [-0.05, 0) is 92.8 Å². The summed E-state index contributed by atoms with van der Waals surface area (Å²) in [6, 6.07) is 10.1. The van der Waals surface area contributed by atoms with Crippen LogP contribution in [-0.4, -0.2) is 158 Å². The van der Waals surface area contributed by atoms with Crippen molar-refractivity contribution in [2.24, 2.45) is 55.9 Å². The number of nitrogens with zero attached hydrogens (tertiary/aromatic N) is 6. The molecule has 37 heteroatoms. The van der Waals surface area contributed by atoms with E-state index in [1.54, 1.807) is 0 Å². The number of ketones is 2. The summed E-state index contributed by atoms with van der Waals surface area (Å²) in [6.45, 7) is -0.478. The largest absolute Gasteiger partial charge is 0.508 e. The van der Waals surface area contributed by atoms with E-state index in [4.69, 9.17) is 79.4 Å². The van der Waals surface area contributed by atoms with E-state index in [1.807, 2.05) is 0 Å². The van der Waals surface area contributed by atoms with Crippen LogP contribution in [0.1, 0.15) is 75.3 Å². The number of guanidine groups is 2. The molecule has 0 amide bonds. The summed E-state index contributed by atoms with van der Waals surface area (Å²) in [5.41, 5.74) is 47.0. The highest BCUT2D eigenvalue weighted by Gasteiger charge is 2.49. The number of Topliss-reactive ketones (excluding diaryl/α,β-unsaturated/α-hetero) is 2. The number of hydrogen-bond donors (Lipinski definition) is 12. The van der Waals surface area contributed by atoms with Crippen LogP contribution in [-0.2, 0) is 70.5 Å². The van der Waals surface area contributed by atoms with E-state index >= 15 is 0 Å². The number of nitrogens with one attached hydrogen (secondary N) is 2. The second kappa shape index (κ2) is 32.9. The monoisotopic (exact) mass is 1320 g/mol.